The number of nitrogens with zero attached hydrogens (tertiary/aromatic N) is 1. The van der Waals surface area contributed by atoms with E-state index in [4.69, 9.17) is 0 Å². The molecule has 39 heavy (non-hydrogen) atoms. The molecule has 0 bridgehead atoms. The number of aliphatic hydroxyl groups excluding tert-OH is 3. The minimum absolute atomic E-state index is 0.0468. The van der Waals surface area contributed by atoms with Gasteiger partial charge in [0.2, 0.25) is 0 Å². The Kier molecular flexibility index (Phi) is 6.71. The first-order valence-electron chi connectivity index (χ1n) is 14.9. The van der Waals surface area contributed by atoms with Crippen molar-refractivity contribution in [3.8, 4) is 0 Å². The molecule has 6 nitrogen and oxygen atoms in total. The third kappa shape index (κ3) is 4.11. The zero-order valence-electron chi connectivity index (χ0n) is 23.2. The Morgan fingerprint density at radius 1 is 1.08 bits per heavy atom. The van der Waals surface area contributed by atoms with Crippen LogP contribution in [0.4, 0.5) is 8.78 Å². The number of aromatic amines is 1. The lowest BCUT2D eigenvalue weighted by molar-refractivity contribution is -0.207. The summed E-state index contributed by atoms with van der Waals surface area (Å²) < 4.78 is 27.7. The maximum absolute atomic E-state index is 14.1. The van der Waals surface area contributed by atoms with Crippen molar-refractivity contribution in [1.29, 1.82) is 0 Å². The highest BCUT2D eigenvalue weighted by molar-refractivity contribution is 5.78. The van der Waals surface area contributed by atoms with Crippen LogP contribution in [0.3, 0.4) is 0 Å². The van der Waals surface area contributed by atoms with Gasteiger partial charge in [0.1, 0.15) is 11.2 Å². The van der Waals surface area contributed by atoms with Crippen molar-refractivity contribution in [3.05, 3.63) is 39.9 Å². The molecular formula is C31H42F2N2O4. The van der Waals surface area contributed by atoms with Crippen molar-refractivity contribution in [3.63, 3.8) is 0 Å². The van der Waals surface area contributed by atoms with Gasteiger partial charge < -0.3 is 20.3 Å². The van der Waals surface area contributed by atoms with Crippen LogP contribution in [-0.2, 0) is 6.42 Å². The first-order valence-corrected chi connectivity index (χ1v) is 14.9. The van der Waals surface area contributed by atoms with E-state index in [1.54, 1.807) is 0 Å². The highest BCUT2D eigenvalue weighted by atomic mass is 19.2. The monoisotopic (exact) mass is 544 g/mol. The van der Waals surface area contributed by atoms with Gasteiger partial charge in [-0.1, -0.05) is 20.8 Å². The van der Waals surface area contributed by atoms with Crippen LogP contribution in [0.1, 0.15) is 78.0 Å². The van der Waals surface area contributed by atoms with Crippen molar-refractivity contribution in [2.75, 3.05) is 0 Å². The summed E-state index contributed by atoms with van der Waals surface area (Å²) in [6.07, 6.45) is 6.02. The van der Waals surface area contributed by atoms with Gasteiger partial charge in [-0.3, -0.25) is 4.79 Å². The number of hydrogen-bond acceptors (Lipinski definition) is 5. The summed E-state index contributed by atoms with van der Waals surface area (Å²) in [6.45, 7) is 6.77. The summed E-state index contributed by atoms with van der Waals surface area (Å²) in [6, 6.07) is 2.33. The summed E-state index contributed by atoms with van der Waals surface area (Å²) in [5, 5.41) is 33.2. The van der Waals surface area contributed by atoms with Gasteiger partial charge in [0, 0.05) is 6.42 Å². The largest absolute Gasteiger partial charge is 0.393 e. The lowest BCUT2D eigenvalue weighted by atomic mass is 9.43. The highest BCUT2D eigenvalue weighted by Gasteiger charge is 2.65. The molecule has 0 amide bonds. The lowest BCUT2D eigenvalue weighted by Crippen LogP contribution is -2.62. The van der Waals surface area contributed by atoms with E-state index < -0.39 is 29.4 Å². The average Bonchev–Trinajstić information content (AvgIpc) is 3.25. The minimum Gasteiger partial charge on any atom is -0.393 e. The van der Waals surface area contributed by atoms with Crippen LogP contribution < -0.4 is 5.56 Å². The number of halogens is 2. The normalized spacial score (nSPS) is 42.6. The van der Waals surface area contributed by atoms with E-state index >= 15 is 0 Å². The van der Waals surface area contributed by atoms with E-state index in [1.807, 2.05) is 0 Å². The van der Waals surface area contributed by atoms with Crippen molar-refractivity contribution in [1.82, 2.24) is 9.97 Å². The van der Waals surface area contributed by atoms with E-state index in [9.17, 15) is 28.9 Å². The van der Waals surface area contributed by atoms with Crippen LogP contribution in [-0.4, -0.2) is 43.6 Å². The maximum atomic E-state index is 14.1. The second kappa shape index (κ2) is 9.59. The molecule has 2 aromatic rings. The van der Waals surface area contributed by atoms with Gasteiger partial charge >= 0.3 is 0 Å². The number of fused-ring (bicyclic) bond motifs is 6. The zero-order chi connectivity index (χ0) is 27.9. The van der Waals surface area contributed by atoms with Crippen molar-refractivity contribution < 1.29 is 24.1 Å². The van der Waals surface area contributed by atoms with Gasteiger partial charge in [0.25, 0.3) is 5.56 Å². The number of aromatic nitrogens is 2. The molecule has 0 aliphatic heterocycles. The molecule has 1 unspecified atom stereocenters. The van der Waals surface area contributed by atoms with Gasteiger partial charge in [-0.05, 0) is 110 Å². The quantitative estimate of drug-likeness (QED) is 0.445. The number of aliphatic hydroxyl groups is 3. The standard InChI is InChI=1S/C31H42F2N2O4/c1-15(4-9-25-34-22-8-7-21(32)28(33)27(22)29(39)35-25)18-5-6-19-26-20(14-24(38)31(18,19)3)30(2)11-10-17(36)12-16(30)13-23(26)37/h7-8,15-20,23-24,26,36-38H,4-6,9-14H2,1-3H3,(H,34,35,39)/t15-,16+,17-,18-,19+,20?,23-,24+,26+,30+,31-/m1/s1. The summed E-state index contributed by atoms with van der Waals surface area (Å²) >= 11 is 0. The molecule has 1 heterocycles. The average molecular weight is 545 g/mol. The third-order valence-corrected chi connectivity index (χ3v) is 12.2. The van der Waals surface area contributed by atoms with Gasteiger partial charge in [-0.25, -0.2) is 13.8 Å². The van der Waals surface area contributed by atoms with Crippen LogP contribution in [0.2, 0.25) is 0 Å². The lowest BCUT2D eigenvalue weighted by Gasteiger charge is -2.63. The first kappa shape index (κ1) is 27.3. The molecule has 4 aliphatic rings. The number of rotatable bonds is 4. The van der Waals surface area contributed by atoms with Crippen LogP contribution in [0.15, 0.2) is 16.9 Å². The molecule has 4 aliphatic carbocycles. The Hall–Kier alpha value is -1.90. The smallest absolute Gasteiger partial charge is 0.261 e. The predicted octanol–water partition coefficient (Wildman–Crippen LogP) is 4.73. The van der Waals surface area contributed by atoms with Gasteiger partial charge in [0.05, 0.1) is 23.8 Å². The topological polar surface area (TPSA) is 106 Å². The molecular weight excluding hydrogens is 502 g/mol. The Morgan fingerprint density at radius 2 is 1.85 bits per heavy atom. The molecule has 6 rings (SSSR count). The van der Waals surface area contributed by atoms with E-state index in [0.717, 1.165) is 51.0 Å². The molecule has 1 aromatic heterocycles. The zero-order valence-corrected chi connectivity index (χ0v) is 23.2. The molecule has 4 N–H and O–H groups in total. The fraction of sp³-hybridized carbons (Fsp3) is 0.742. The second-order valence-electron chi connectivity index (χ2n) is 13.8. The molecule has 11 atom stereocenters. The molecule has 0 saturated heterocycles. The van der Waals surface area contributed by atoms with Crippen LogP contribution in [0.5, 0.6) is 0 Å². The molecule has 8 heteroatoms. The van der Waals surface area contributed by atoms with Crippen LogP contribution in [0, 0.1) is 58.0 Å². The number of H-pyrrole nitrogens is 1. The molecule has 4 saturated carbocycles. The molecule has 1 aromatic carbocycles. The fourth-order valence-electron chi connectivity index (χ4n) is 10.0. The number of hydrogen-bond donors (Lipinski definition) is 4. The maximum Gasteiger partial charge on any atom is 0.261 e. The third-order valence-electron chi connectivity index (χ3n) is 12.2. The van der Waals surface area contributed by atoms with E-state index in [2.05, 4.69) is 30.7 Å². The van der Waals surface area contributed by atoms with Gasteiger partial charge in [-0.2, -0.15) is 0 Å². The SMILES string of the molecule is C[C@H](CCc1nc2ccc(F)c(F)c2c(=O)[nH]1)[C@H]1CC[C@H]2[C@H]3C(C[C@H](O)[C@]12C)[C@@]1(C)CC[C@@H](O)C[C@H]1C[C@H]3O. The van der Waals surface area contributed by atoms with Crippen LogP contribution >= 0.6 is 0 Å². The highest BCUT2D eigenvalue weighted by Crippen LogP contribution is 2.68. The molecule has 0 radical (unpaired) electrons. The number of nitrogens with one attached hydrogen (secondary N) is 1. The summed E-state index contributed by atoms with van der Waals surface area (Å²) in [5.41, 5.74) is -0.778. The second-order valence-corrected chi connectivity index (χ2v) is 13.8. The Bertz CT molecular complexity index is 1320. The Balaban J connectivity index is 1.21. The van der Waals surface area contributed by atoms with Crippen molar-refractivity contribution in [2.24, 2.45) is 46.3 Å². The molecule has 214 valence electrons. The van der Waals surface area contributed by atoms with Crippen molar-refractivity contribution in [2.45, 2.75) is 96.9 Å². The first-order chi connectivity index (χ1) is 18.4. The number of benzene rings is 1. The van der Waals surface area contributed by atoms with E-state index in [-0.39, 0.29) is 57.4 Å². The van der Waals surface area contributed by atoms with E-state index in [1.165, 1.54) is 6.07 Å². The summed E-state index contributed by atoms with van der Waals surface area (Å²) in [5.74, 6) is -0.308. The van der Waals surface area contributed by atoms with Gasteiger partial charge in [-0.15, -0.1) is 0 Å². The Morgan fingerprint density at radius 3 is 2.62 bits per heavy atom. The summed E-state index contributed by atoms with van der Waals surface area (Å²) in [7, 11) is 0. The predicted molar refractivity (Wildman–Crippen MR) is 144 cm³/mol. The van der Waals surface area contributed by atoms with E-state index in [0.29, 0.717) is 24.6 Å². The minimum atomic E-state index is -1.18. The van der Waals surface area contributed by atoms with Gasteiger partial charge in [0.15, 0.2) is 11.6 Å². The summed E-state index contributed by atoms with van der Waals surface area (Å²) in [4.78, 5) is 19.5. The molecule has 4 fully saturated rings. The number of aryl methyl sites for hydroxylation is 1. The molecule has 0 spiro atoms. The van der Waals surface area contributed by atoms with Crippen molar-refractivity contribution >= 4 is 10.9 Å². The Labute approximate surface area is 228 Å². The fourth-order valence-corrected chi connectivity index (χ4v) is 10.0. The van der Waals surface area contributed by atoms with Crippen LogP contribution in [0.25, 0.3) is 10.9 Å².